The van der Waals surface area contributed by atoms with Crippen LogP contribution in [0.4, 0.5) is 0 Å². The molecule has 5 nitrogen and oxygen atoms in total. The van der Waals surface area contributed by atoms with E-state index in [1.54, 1.807) is 0 Å². The Morgan fingerprint density at radius 2 is 1.70 bits per heavy atom. The minimum Gasteiger partial charge on any atom is -0.377 e. The monoisotopic (exact) mass is 328 g/mol. The lowest BCUT2D eigenvalue weighted by Gasteiger charge is -2.46. The number of piperidine rings is 1. The van der Waals surface area contributed by atoms with E-state index in [0.717, 1.165) is 32.8 Å². The molecule has 2 fully saturated rings. The van der Waals surface area contributed by atoms with Crippen molar-refractivity contribution in [2.45, 2.75) is 84.3 Å². The van der Waals surface area contributed by atoms with Gasteiger partial charge in [0.2, 0.25) is 0 Å². The van der Waals surface area contributed by atoms with Crippen molar-refractivity contribution in [2.75, 3.05) is 32.8 Å². The van der Waals surface area contributed by atoms with E-state index in [-0.39, 0.29) is 17.7 Å². The lowest BCUT2D eigenvalue weighted by atomic mass is 9.98. The second-order valence-electron chi connectivity index (χ2n) is 8.14. The number of hydroxylamine groups is 2. The lowest BCUT2D eigenvalue weighted by molar-refractivity contribution is -0.272. The summed E-state index contributed by atoms with van der Waals surface area (Å²) in [4.78, 5) is 8.19. The van der Waals surface area contributed by atoms with E-state index < -0.39 is 0 Å². The van der Waals surface area contributed by atoms with Gasteiger partial charge in [-0.2, -0.15) is 5.06 Å². The van der Waals surface area contributed by atoms with Gasteiger partial charge in [-0.1, -0.05) is 0 Å². The summed E-state index contributed by atoms with van der Waals surface area (Å²) in [7, 11) is 0. The first-order valence-corrected chi connectivity index (χ1v) is 9.20. The average molecular weight is 328 g/mol. The summed E-state index contributed by atoms with van der Waals surface area (Å²) in [5.41, 5.74) is 0.0682. The fourth-order valence-corrected chi connectivity index (χ4v) is 3.20. The third-order valence-corrected chi connectivity index (χ3v) is 4.56. The topological polar surface area (TPSA) is 34.2 Å². The molecular weight excluding hydrogens is 292 g/mol. The summed E-state index contributed by atoms with van der Waals surface area (Å²) >= 11 is 0. The van der Waals surface area contributed by atoms with Crippen LogP contribution in [0.15, 0.2) is 0 Å². The normalized spacial score (nSPS) is 25.3. The second-order valence-corrected chi connectivity index (χ2v) is 8.14. The maximum absolute atomic E-state index is 6.29. The predicted molar refractivity (Wildman–Crippen MR) is 92.4 cm³/mol. The van der Waals surface area contributed by atoms with Gasteiger partial charge in [0.05, 0.1) is 44.1 Å². The number of rotatable bonds is 8. The maximum atomic E-state index is 6.29. The van der Waals surface area contributed by atoms with Crippen LogP contribution in [0, 0.1) is 0 Å². The molecule has 0 aromatic carbocycles. The molecule has 0 aromatic heterocycles. The summed E-state index contributed by atoms with van der Waals surface area (Å²) in [5, 5.41) is 2.01. The van der Waals surface area contributed by atoms with E-state index in [1.807, 2.05) is 5.06 Å². The molecular formula is C18H36N2O3. The first kappa shape index (κ1) is 19.1. The van der Waals surface area contributed by atoms with Crippen LogP contribution in [0.5, 0.6) is 0 Å². The summed E-state index contributed by atoms with van der Waals surface area (Å²) in [5.74, 6) is 0. The van der Waals surface area contributed by atoms with Crippen molar-refractivity contribution in [1.29, 1.82) is 0 Å². The Bertz CT molecular complexity index is 354. The van der Waals surface area contributed by atoms with Gasteiger partial charge in [0.1, 0.15) is 0 Å². The highest BCUT2D eigenvalue weighted by atomic mass is 16.7. The molecule has 0 radical (unpaired) electrons. The van der Waals surface area contributed by atoms with Crippen LogP contribution in [0.25, 0.3) is 0 Å². The van der Waals surface area contributed by atoms with Crippen molar-refractivity contribution < 1.29 is 14.3 Å². The minimum absolute atomic E-state index is 0.0682. The van der Waals surface area contributed by atoms with Crippen molar-refractivity contribution >= 4 is 0 Å². The maximum Gasteiger partial charge on any atom is 0.0879 e. The molecule has 1 unspecified atom stereocenters. The van der Waals surface area contributed by atoms with E-state index in [0.29, 0.717) is 12.2 Å². The summed E-state index contributed by atoms with van der Waals surface area (Å²) in [6.07, 6.45) is 3.58. The number of nitrogens with zero attached hydrogens (tertiary/aromatic N) is 2. The van der Waals surface area contributed by atoms with Crippen LogP contribution < -0.4 is 0 Å². The Hall–Kier alpha value is -0.200. The first-order chi connectivity index (χ1) is 10.8. The zero-order chi connectivity index (χ0) is 17.0. The van der Waals surface area contributed by atoms with Gasteiger partial charge < -0.3 is 9.47 Å². The predicted octanol–water partition coefficient (Wildman–Crippen LogP) is 2.70. The third-order valence-electron chi connectivity index (χ3n) is 4.56. The Kier molecular flexibility index (Phi) is 6.87. The molecule has 2 aliphatic heterocycles. The molecule has 2 aliphatic rings. The van der Waals surface area contributed by atoms with Crippen LogP contribution in [-0.2, 0) is 14.3 Å². The standard InChI is InChI=1S/C18H36N2O3/c1-14(2)21-13-18(5,6)19-9-7-8-16(10-19)22-17-11-20(12-17)23-15(3)4/h14-17H,7-13H2,1-6H3. The van der Waals surface area contributed by atoms with Gasteiger partial charge in [-0.25, -0.2) is 0 Å². The van der Waals surface area contributed by atoms with E-state index >= 15 is 0 Å². The Balaban J connectivity index is 1.73. The fraction of sp³-hybridized carbons (Fsp3) is 1.00. The molecule has 2 rings (SSSR count). The second kappa shape index (κ2) is 8.26. The quantitative estimate of drug-likeness (QED) is 0.684. The molecule has 0 N–H and O–H groups in total. The van der Waals surface area contributed by atoms with E-state index in [4.69, 9.17) is 14.3 Å². The number of hydrogen-bond donors (Lipinski definition) is 0. The fourth-order valence-electron chi connectivity index (χ4n) is 3.20. The van der Waals surface area contributed by atoms with Crippen LogP contribution in [0.2, 0.25) is 0 Å². The van der Waals surface area contributed by atoms with Gasteiger partial charge in [-0.3, -0.25) is 9.74 Å². The van der Waals surface area contributed by atoms with Crippen molar-refractivity contribution in [3.8, 4) is 0 Å². The molecule has 0 bridgehead atoms. The van der Waals surface area contributed by atoms with Crippen molar-refractivity contribution in [3.63, 3.8) is 0 Å². The van der Waals surface area contributed by atoms with Crippen LogP contribution in [0.3, 0.4) is 0 Å². The number of likely N-dealkylation sites (tertiary alicyclic amines) is 1. The molecule has 5 heteroatoms. The smallest absolute Gasteiger partial charge is 0.0879 e. The largest absolute Gasteiger partial charge is 0.377 e. The van der Waals surface area contributed by atoms with Crippen molar-refractivity contribution in [3.05, 3.63) is 0 Å². The minimum atomic E-state index is 0.0682. The number of ether oxygens (including phenoxy) is 2. The van der Waals surface area contributed by atoms with Crippen LogP contribution in [0.1, 0.15) is 54.4 Å². The molecule has 0 aromatic rings. The van der Waals surface area contributed by atoms with Gasteiger partial charge in [0.25, 0.3) is 0 Å². The van der Waals surface area contributed by atoms with Gasteiger partial charge in [0.15, 0.2) is 0 Å². The van der Waals surface area contributed by atoms with E-state index in [1.165, 1.54) is 12.8 Å². The number of hydrogen-bond acceptors (Lipinski definition) is 5. The van der Waals surface area contributed by atoms with Crippen molar-refractivity contribution in [2.24, 2.45) is 0 Å². The molecule has 2 saturated heterocycles. The highest BCUT2D eigenvalue weighted by molar-refractivity contribution is 4.88. The third kappa shape index (κ3) is 5.98. The summed E-state index contributed by atoms with van der Waals surface area (Å²) in [6.45, 7) is 17.6. The lowest BCUT2D eigenvalue weighted by Crippen LogP contribution is -2.57. The van der Waals surface area contributed by atoms with E-state index in [2.05, 4.69) is 46.4 Å². The Morgan fingerprint density at radius 3 is 2.30 bits per heavy atom. The van der Waals surface area contributed by atoms with Crippen molar-refractivity contribution in [1.82, 2.24) is 9.96 Å². The van der Waals surface area contributed by atoms with Gasteiger partial charge in [-0.05, 0) is 60.9 Å². The Labute approximate surface area is 142 Å². The van der Waals surface area contributed by atoms with Crippen LogP contribution in [-0.4, -0.2) is 72.7 Å². The zero-order valence-electron chi connectivity index (χ0n) is 15.9. The average Bonchev–Trinajstić information content (AvgIpc) is 2.43. The van der Waals surface area contributed by atoms with Gasteiger partial charge >= 0.3 is 0 Å². The molecule has 0 aliphatic carbocycles. The molecule has 0 spiro atoms. The zero-order valence-corrected chi connectivity index (χ0v) is 15.9. The first-order valence-electron chi connectivity index (χ1n) is 9.20. The Morgan fingerprint density at radius 1 is 1.00 bits per heavy atom. The molecule has 2 heterocycles. The highest BCUT2D eigenvalue weighted by Crippen LogP contribution is 2.25. The molecule has 23 heavy (non-hydrogen) atoms. The van der Waals surface area contributed by atoms with E-state index in [9.17, 15) is 0 Å². The van der Waals surface area contributed by atoms with Gasteiger partial charge in [-0.15, -0.1) is 0 Å². The molecule has 0 amide bonds. The highest BCUT2D eigenvalue weighted by Gasteiger charge is 2.36. The molecule has 0 saturated carbocycles. The SMILES string of the molecule is CC(C)OCC(C)(C)N1CCCC(OC2CN(OC(C)C)C2)C1. The van der Waals surface area contributed by atoms with Gasteiger partial charge in [0, 0.05) is 12.1 Å². The summed E-state index contributed by atoms with van der Waals surface area (Å²) in [6, 6.07) is 0. The molecule has 136 valence electrons. The molecule has 1 atom stereocenters. The summed E-state index contributed by atoms with van der Waals surface area (Å²) < 4.78 is 12.1. The van der Waals surface area contributed by atoms with Crippen LogP contribution >= 0.6 is 0 Å².